The molecule has 0 bridgehead atoms. The van der Waals surface area contributed by atoms with Gasteiger partial charge in [0, 0.05) is 10.7 Å². The number of aromatic carboxylic acids is 1. The molecule has 1 heterocycles. The van der Waals surface area contributed by atoms with E-state index < -0.39 is 23.5 Å². The Kier molecular flexibility index (Phi) is 4.17. The molecule has 0 unspecified atom stereocenters. The maximum Gasteiger partial charge on any atom is 0.419 e. The molecule has 0 radical (unpaired) electrons. The van der Waals surface area contributed by atoms with Crippen molar-refractivity contribution in [3.8, 4) is 11.5 Å². The highest BCUT2D eigenvalue weighted by Crippen LogP contribution is 2.39. The predicted molar refractivity (Wildman–Crippen MR) is 70.4 cm³/mol. The first-order valence-corrected chi connectivity index (χ1v) is 6.30. The van der Waals surface area contributed by atoms with Crippen LogP contribution in [-0.4, -0.2) is 16.1 Å². The van der Waals surface area contributed by atoms with Crippen LogP contribution in [0.5, 0.6) is 11.5 Å². The minimum Gasteiger partial charge on any atom is -0.478 e. The minimum absolute atomic E-state index is 0.270. The highest BCUT2D eigenvalue weighted by molar-refractivity contribution is 9.10. The molecule has 21 heavy (non-hydrogen) atoms. The summed E-state index contributed by atoms with van der Waals surface area (Å²) in [6.07, 6.45) is -2.37. The molecule has 1 N–H and O–H groups in total. The molecule has 8 heteroatoms. The molecule has 1 aromatic carbocycles. The molecule has 2 aromatic rings. The third-order valence-corrected chi connectivity index (χ3v) is 2.98. The molecule has 110 valence electrons. The van der Waals surface area contributed by atoms with E-state index in [4.69, 9.17) is 9.84 Å². The van der Waals surface area contributed by atoms with Crippen molar-refractivity contribution in [1.82, 2.24) is 4.98 Å². The summed E-state index contributed by atoms with van der Waals surface area (Å²) in [5, 5.41) is 8.99. The number of carboxylic acid groups (broad SMARTS) is 1. The van der Waals surface area contributed by atoms with Gasteiger partial charge in [-0.15, -0.1) is 0 Å². The normalized spacial score (nSPS) is 11.2. The first-order valence-electron chi connectivity index (χ1n) is 5.51. The fourth-order valence-electron chi connectivity index (χ4n) is 1.57. The highest BCUT2D eigenvalue weighted by Gasteiger charge is 2.34. The van der Waals surface area contributed by atoms with Crippen LogP contribution >= 0.6 is 15.9 Å². The van der Waals surface area contributed by atoms with Crippen LogP contribution in [0.3, 0.4) is 0 Å². The van der Waals surface area contributed by atoms with Crippen LogP contribution in [0.4, 0.5) is 13.2 Å². The average molecular weight is 362 g/mol. The molecule has 0 spiro atoms. The van der Waals surface area contributed by atoms with E-state index in [1.807, 2.05) is 0 Å². The van der Waals surface area contributed by atoms with Gasteiger partial charge in [-0.25, -0.2) is 4.79 Å². The van der Waals surface area contributed by atoms with Crippen LogP contribution < -0.4 is 4.74 Å². The van der Waals surface area contributed by atoms with Crippen molar-refractivity contribution in [2.24, 2.45) is 0 Å². The molecular weight excluding hydrogens is 355 g/mol. The zero-order valence-electron chi connectivity index (χ0n) is 10.2. The smallest absolute Gasteiger partial charge is 0.419 e. The molecule has 0 amide bonds. The zero-order chi connectivity index (χ0) is 15.6. The molecular formula is C13H7BrF3NO3. The molecule has 0 fully saturated rings. The number of nitrogens with zero attached hydrogens (tertiary/aromatic N) is 1. The predicted octanol–water partition coefficient (Wildman–Crippen LogP) is 4.35. The Labute approximate surface area is 125 Å². The van der Waals surface area contributed by atoms with Gasteiger partial charge in [0.05, 0.1) is 11.8 Å². The SMILES string of the molecule is O=C(O)c1ccncc1Oc1cc(Br)ccc1C(F)(F)F. The van der Waals surface area contributed by atoms with Crippen molar-refractivity contribution >= 4 is 21.9 Å². The van der Waals surface area contributed by atoms with E-state index >= 15 is 0 Å². The fourth-order valence-corrected chi connectivity index (χ4v) is 1.91. The standard InChI is InChI=1S/C13H7BrF3NO3/c14-7-1-2-9(13(15,16)17)10(5-7)21-11-6-18-4-3-8(11)12(19)20/h1-6H,(H,19,20). The minimum atomic E-state index is -4.62. The molecule has 2 rings (SSSR count). The maximum atomic E-state index is 12.9. The van der Waals surface area contributed by atoms with Gasteiger partial charge in [-0.3, -0.25) is 4.98 Å². The van der Waals surface area contributed by atoms with Gasteiger partial charge < -0.3 is 9.84 Å². The Bertz CT molecular complexity index is 689. The summed E-state index contributed by atoms with van der Waals surface area (Å²) in [5.74, 6) is -2.10. The van der Waals surface area contributed by atoms with Crippen LogP contribution in [0.15, 0.2) is 41.1 Å². The number of hydrogen-bond acceptors (Lipinski definition) is 3. The largest absolute Gasteiger partial charge is 0.478 e. The second-order valence-electron chi connectivity index (χ2n) is 3.92. The first kappa shape index (κ1) is 15.3. The van der Waals surface area contributed by atoms with E-state index in [2.05, 4.69) is 20.9 Å². The fraction of sp³-hybridized carbons (Fsp3) is 0.0769. The monoisotopic (exact) mass is 361 g/mol. The number of ether oxygens (including phenoxy) is 1. The lowest BCUT2D eigenvalue weighted by Gasteiger charge is -2.14. The zero-order valence-corrected chi connectivity index (χ0v) is 11.8. The summed E-state index contributed by atoms with van der Waals surface area (Å²) in [7, 11) is 0. The van der Waals surface area contributed by atoms with Crippen LogP contribution in [-0.2, 0) is 6.18 Å². The van der Waals surface area contributed by atoms with E-state index in [0.717, 1.165) is 24.4 Å². The summed E-state index contributed by atoms with van der Waals surface area (Å²) in [6.45, 7) is 0. The molecule has 0 aliphatic rings. The Morgan fingerprint density at radius 2 is 1.95 bits per heavy atom. The summed E-state index contributed by atoms with van der Waals surface area (Å²) in [6, 6.07) is 4.32. The van der Waals surface area contributed by atoms with Gasteiger partial charge in [-0.2, -0.15) is 13.2 Å². The highest BCUT2D eigenvalue weighted by atomic mass is 79.9. The number of alkyl halides is 3. The van der Waals surface area contributed by atoms with Gasteiger partial charge >= 0.3 is 12.1 Å². The second kappa shape index (κ2) is 5.72. The van der Waals surface area contributed by atoms with Gasteiger partial charge in [0.2, 0.25) is 0 Å². The Morgan fingerprint density at radius 1 is 1.24 bits per heavy atom. The van der Waals surface area contributed by atoms with Gasteiger partial charge in [0.1, 0.15) is 11.3 Å². The second-order valence-corrected chi connectivity index (χ2v) is 4.83. The van der Waals surface area contributed by atoms with E-state index in [9.17, 15) is 18.0 Å². The lowest BCUT2D eigenvalue weighted by molar-refractivity contribution is -0.138. The number of aromatic nitrogens is 1. The first-order chi connectivity index (χ1) is 9.79. The Balaban J connectivity index is 2.49. The lowest BCUT2D eigenvalue weighted by atomic mass is 10.2. The van der Waals surface area contributed by atoms with Gasteiger partial charge in [0.25, 0.3) is 0 Å². The van der Waals surface area contributed by atoms with Crippen molar-refractivity contribution < 1.29 is 27.8 Å². The van der Waals surface area contributed by atoms with Crippen LogP contribution in [0.25, 0.3) is 0 Å². The molecule has 0 saturated carbocycles. The maximum absolute atomic E-state index is 12.9. The topological polar surface area (TPSA) is 59.4 Å². The number of carboxylic acids is 1. The van der Waals surface area contributed by atoms with Gasteiger partial charge in [-0.1, -0.05) is 15.9 Å². The Hall–Kier alpha value is -2.09. The summed E-state index contributed by atoms with van der Waals surface area (Å²) in [5.41, 5.74) is -1.29. The van der Waals surface area contributed by atoms with Crippen LogP contribution in [0, 0.1) is 0 Å². The number of pyridine rings is 1. The molecule has 4 nitrogen and oxygen atoms in total. The summed E-state index contributed by atoms with van der Waals surface area (Å²) in [4.78, 5) is 14.7. The molecule has 0 aliphatic heterocycles. The van der Waals surface area contributed by atoms with E-state index in [1.165, 1.54) is 12.3 Å². The van der Waals surface area contributed by atoms with E-state index in [-0.39, 0.29) is 11.3 Å². The van der Waals surface area contributed by atoms with Crippen molar-refractivity contribution in [2.45, 2.75) is 6.18 Å². The van der Waals surface area contributed by atoms with Crippen LogP contribution in [0.1, 0.15) is 15.9 Å². The molecule has 0 aliphatic carbocycles. The third kappa shape index (κ3) is 3.52. The van der Waals surface area contributed by atoms with Gasteiger partial charge in [-0.05, 0) is 24.3 Å². The van der Waals surface area contributed by atoms with Crippen LogP contribution in [0.2, 0.25) is 0 Å². The molecule has 1 aromatic heterocycles. The number of carbonyl (C=O) groups is 1. The number of benzene rings is 1. The van der Waals surface area contributed by atoms with Crippen molar-refractivity contribution in [3.63, 3.8) is 0 Å². The third-order valence-electron chi connectivity index (χ3n) is 2.48. The molecule has 0 saturated heterocycles. The van der Waals surface area contributed by atoms with E-state index in [0.29, 0.717) is 4.47 Å². The molecule has 0 atom stereocenters. The van der Waals surface area contributed by atoms with Crippen molar-refractivity contribution in [3.05, 3.63) is 52.3 Å². The summed E-state index contributed by atoms with van der Waals surface area (Å²) >= 11 is 3.04. The van der Waals surface area contributed by atoms with Crippen molar-refractivity contribution in [1.29, 1.82) is 0 Å². The number of hydrogen-bond donors (Lipinski definition) is 1. The van der Waals surface area contributed by atoms with E-state index in [1.54, 1.807) is 0 Å². The van der Waals surface area contributed by atoms with Crippen molar-refractivity contribution in [2.75, 3.05) is 0 Å². The summed E-state index contributed by atoms with van der Waals surface area (Å²) < 4.78 is 44.2. The number of halogens is 4. The Morgan fingerprint density at radius 3 is 2.57 bits per heavy atom. The lowest BCUT2D eigenvalue weighted by Crippen LogP contribution is -2.08. The quantitative estimate of drug-likeness (QED) is 0.882. The number of rotatable bonds is 3. The average Bonchev–Trinajstić information content (AvgIpc) is 2.37. The van der Waals surface area contributed by atoms with Gasteiger partial charge in [0.15, 0.2) is 5.75 Å².